The van der Waals surface area contributed by atoms with Gasteiger partial charge >= 0.3 is 0 Å². The zero-order valence-corrected chi connectivity index (χ0v) is 15.8. The number of halogens is 2. The Kier molecular flexibility index (Phi) is 4.85. The molecule has 1 unspecified atom stereocenters. The Bertz CT molecular complexity index is 890. The molecule has 5 nitrogen and oxygen atoms in total. The van der Waals surface area contributed by atoms with Crippen LogP contribution in [-0.4, -0.2) is 33.5 Å². The van der Waals surface area contributed by atoms with Gasteiger partial charge in [-0.2, -0.15) is 0 Å². The van der Waals surface area contributed by atoms with E-state index in [9.17, 15) is 0 Å². The molecule has 7 heteroatoms. The van der Waals surface area contributed by atoms with Gasteiger partial charge in [0.25, 0.3) is 0 Å². The lowest BCUT2D eigenvalue weighted by molar-refractivity contribution is 0.228. The molecule has 0 saturated heterocycles. The van der Waals surface area contributed by atoms with Crippen LogP contribution in [0.3, 0.4) is 0 Å². The van der Waals surface area contributed by atoms with E-state index in [1.807, 2.05) is 12.1 Å². The van der Waals surface area contributed by atoms with E-state index in [0.29, 0.717) is 16.6 Å². The van der Waals surface area contributed by atoms with Gasteiger partial charge in [-0.05, 0) is 17.7 Å². The second-order valence-corrected chi connectivity index (χ2v) is 7.16. The van der Waals surface area contributed by atoms with Gasteiger partial charge < -0.3 is 9.72 Å². The first-order valence-electron chi connectivity index (χ1n) is 8.32. The van der Waals surface area contributed by atoms with E-state index in [4.69, 9.17) is 27.9 Å². The second kappa shape index (κ2) is 7.27. The molecular formula is C19H18Cl2N4O. The number of aromatic nitrogens is 3. The van der Waals surface area contributed by atoms with Gasteiger partial charge in [0, 0.05) is 43.5 Å². The predicted molar refractivity (Wildman–Crippen MR) is 102 cm³/mol. The van der Waals surface area contributed by atoms with Gasteiger partial charge in [0.15, 0.2) is 0 Å². The number of rotatable bonds is 4. The molecular weight excluding hydrogens is 371 g/mol. The topological polar surface area (TPSA) is 54.0 Å². The summed E-state index contributed by atoms with van der Waals surface area (Å²) in [7, 11) is 1.67. The third-order valence-electron chi connectivity index (χ3n) is 4.76. The molecule has 3 heterocycles. The quantitative estimate of drug-likeness (QED) is 0.724. The van der Waals surface area contributed by atoms with Crippen LogP contribution in [0.2, 0.25) is 10.0 Å². The number of hydrogen-bond acceptors (Lipinski definition) is 4. The summed E-state index contributed by atoms with van der Waals surface area (Å²) in [5, 5.41) is 1.18. The SMILES string of the molecule is COc1ccc(C2CN(Cc3c(Cl)cncc3Cl)Cc3[nH]cnc32)cc1. The summed E-state index contributed by atoms with van der Waals surface area (Å²) in [6.07, 6.45) is 5.03. The summed E-state index contributed by atoms with van der Waals surface area (Å²) in [6, 6.07) is 8.16. The van der Waals surface area contributed by atoms with Crippen LogP contribution < -0.4 is 4.74 Å². The lowest BCUT2D eigenvalue weighted by Gasteiger charge is -2.32. The normalized spacial score (nSPS) is 17.1. The first kappa shape index (κ1) is 17.3. The smallest absolute Gasteiger partial charge is 0.118 e. The molecule has 26 heavy (non-hydrogen) atoms. The molecule has 0 fully saturated rings. The van der Waals surface area contributed by atoms with Crippen molar-refractivity contribution in [3.05, 3.63) is 75.5 Å². The van der Waals surface area contributed by atoms with Crippen molar-refractivity contribution >= 4 is 23.2 Å². The van der Waals surface area contributed by atoms with Crippen LogP contribution in [0.5, 0.6) is 5.75 Å². The lowest BCUT2D eigenvalue weighted by atomic mass is 9.90. The molecule has 0 bridgehead atoms. The van der Waals surface area contributed by atoms with Gasteiger partial charge in [0.05, 0.1) is 34.9 Å². The molecule has 0 spiro atoms. The van der Waals surface area contributed by atoms with Crippen molar-refractivity contribution in [2.75, 3.05) is 13.7 Å². The molecule has 0 aliphatic carbocycles. The van der Waals surface area contributed by atoms with Crippen molar-refractivity contribution < 1.29 is 4.74 Å². The number of aromatic amines is 1. The van der Waals surface area contributed by atoms with Crippen molar-refractivity contribution in [3.8, 4) is 5.75 Å². The van der Waals surface area contributed by atoms with Gasteiger partial charge in [-0.1, -0.05) is 35.3 Å². The molecule has 0 saturated carbocycles. The number of nitrogens with zero attached hydrogens (tertiary/aromatic N) is 3. The fourth-order valence-corrected chi connectivity index (χ4v) is 3.91. The van der Waals surface area contributed by atoms with E-state index in [1.165, 1.54) is 5.56 Å². The third kappa shape index (κ3) is 3.30. The molecule has 1 aliphatic heterocycles. The van der Waals surface area contributed by atoms with Gasteiger partial charge in [-0.15, -0.1) is 0 Å². The van der Waals surface area contributed by atoms with E-state index in [0.717, 1.165) is 35.8 Å². The number of methoxy groups -OCH3 is 1. The molecule has 1 atom stereocenters. The summed E-state index contributed by atoms with van der Waals surface area (Å²) < 4.78 is 5.27. The van der Waals surface area contributed by atoms with Crippen molar-refractivity contribution in [1.82, 2.24) is 19.9 Å². The number of hydrogen-bond donors (Lipinski definition) is 1. The summed E-state index contributed by atoms with van der Waals surface area (Å²) >= 11 is 12.6. The molecule has 0 radical (unpaired) electrons. The maximum Gasteiger partial charge on any atom is 0.118 e. The van der Waals surface area contributed by atoms with Crippen LogP contribution >= 0.6 is 23.2 Å². The highest BCUT2D eigenvalue weighted by atomic mass is 35.5. The Morgan fingerprint density at radius 2 is 1.92 bits per heavy atom. The molecule has 1 aromatic carbocycles. The second-order valence-electron chi connectivity index (χ2n) is 6.34. The van der Waals surface area contributed by atoms with Crippen LogP contribution in [-0.2, 0) is 13.1 Å². The number of H-pyrrole nitrogens is 1. The fraction of sp³-hybridized carbons (Fsp3) is 0.263. The van der Waals surface area contributed by atoms with E-state index in [1.54, 1.807) is 25.8 Å². The Labute approximate surface area is 161 Å². The first-order chi connectivity index (χ1) is 12.7. The van der Waals surface area contributed by atoms with Gasteiger partial charge in [0.1, 0.15) is 5.75 Å². The van der Waals surface area contributed by atoms with Crippen molar-refractivity contribution in [2.24, 2.45) is 0 Å². The number of ether oxygens (including phenoxy) is 1. The summed E-state index contributed by atoms with van der Waals surface area (Å²) in [5.41, 5.74) is 4.33. The van der Waals surface area contributed by atoms with E-state index in [2.05, 4.69) is 32.0 Å². The average molecular weight is 389 g/mol. The van der Waals surface area contributed by atoms with Crippen LogP contribution in [0.25, 0.3) is 0 Å². The summed E-state index contributed by atoms with van der Waals surface area (Å²) in [5.74, 6) is 1.02. The maximum atomic E-state index is 6.31. The molecule has 1 N–H and O–H groups in total. The number of benzene rings is 1. The molecule has 2 aromatic heterocycles. The summed E-state index contributed by atoms with van der Waals surface area (Å²) in [6.45, 7) is 2.27. The van der Waals surface area contributed by atoms with E-state index < -0.39 is 0 Å². The molecule has 3 aromatic rings. The Balaban J connectivity index is 1.63. The Morgan fingerprint density at radius 1 is 1.19 bits per heavy atom. The molecule has 1 aliphatic rings. The monoisotopic (exact) mass is 388 g/mol. The number of pyridine rings is 1. The van der Waals surface area contributed by atoms with Crippen LogP contribution in [0.15, 0.2) is 43.0 Å². The number of imidazole rings is 1. The largest absolute Gasteiger partial charge is 0.497 e. The average Bonchev–Trinajstić information content (AvgIpc) is 3.13. The van der Waals surface area contributed by atoms with Crippen LogP contribution in [0.4, 0.5) is 0 Å². The maximum absolute atomic E-state index is 6.31. The van der Waals surface area contributed by atoms with E-state index >= 15 is 0 Å². The van der Waals surface area contributed by atoms with Crippen LogP contribution in [0.1, 0.15) is 28.4 Å². The predicted octanol–water partition coefficient (Wildman–Crippen LogP) is 4.27. The number of nitrogens with one attached hydrogen (secondary N) is 1. The minimum Gasteiger partial charge on any atom is -0.497 e. The first-order valence-corrected chi connectivity index (χ1v) is 9.07. The highest BCUT2D eigenvalue weighted by molar-refractivity contribution is 6.35. The van der Waals surface area contributed by atoms with Gasteiger partial charge in [-0.3, -0.25) is 9.88 Å². The lowest BCUT2D eigenvalue weighted by Crippen LogP contribution is -2.34. The van der Waals surface area contributed by atoms with E-state index in [-0.39, 0.29) is 5.92 Å². The fourth-order valence-electron chi connectivity index (χ4n) is 3.42. The molecule has 4 rings (SSSR count). The standard InChI is InChI=1S/C19H18Cl2N4O/c1-26-13-4-2-12(3-5-13)14-8-25(10-18-19(14)24-11-23-18)9-15-16(20)6-22-7-17(15)21/h2-7,11,14H,8-10H2,1H3,(H,23,24). The highest BCUT2D eigenvalue weighted by Gasteiger charge is 2.29. The Hall–Kier alpha value is -2.08. The van der Waals surface area contributed by atoms with Crippen molar-refractivity contribution in [2.45, 2.75) is 19.0 Å². The van der Waals surface area contributed by atoms with Crippen LogP contribution in [0, 0.1) is 0 Å². The van der Waals surface area contributed by atoms with Gasteiger partial charge in [-0.25, -0.2) is 4.98 Å². The zero-order valence-electron chi connectivity index (χ0n) is 14.2. The zero-order chi connectivity index (χ0) is 18.1. The van der Waals surface area contributed by atoms with Crippen molar-refractivity contribution in [1.29, 1.82) is 0 Å². The molecule has 134 valence electrons. The Morgan fingerprint density at radius 3 is 2.62 bits per heavy atom. The number of fused-ring (bicyclic) bond motifs is 1. The molecule has 0 amide bonds. The van der Waals surface area contributed by atoms with Gasteiger partial charge in [0.2, 0.25) is 0 Å². The summed E-state index contributed by atoms with van der Waals surface area (Å²) in [4.78, 5) is 14.2. The minimum absolute atomic E-state index is 0.176. The highest BCUT2D eigenvalue weighted by Crippen LogP contribution is 2.34. The minimum atomic E-state index is 0.176. The third-order valence-corrected chi connectivity index (χ3v) is 5.41. The van der Waals surface area contributed by atoms with Crippen molar-refractivity contribution in [3.63, 3.8) is 0 Å².